The Kier molecular flexibility index (Phi) is 3.15. The molecule has 0 unspecified atom stereocenters. The second-order valence-corrected chi connectivity index (χ2v) is 5.01. The van der Waals surface area contributed by atoms with E-state index in [1.807, 2.05) is 6.92 Å². The van der Waals surface area contributed by atoms with Crippen molar-refractivity contribution < 1.29 is 14.6 Å². The quantitative estimate of drug-likeness (QED) is 0.841. The van der Waals surface area contributed by atoms with Gasteiger partial charge in [-0.2, -0.15) is 0 Å². The maximum absolute atomic E-state index is 12.3. The molecule has 1 N–H and O–H groups in total. The monoisotopic (exact) mass is 254 g/mol. The first-order valence-corrected chi connectivity index (χ1v) is 5.92. The molecule has 0 bridgehead atoms. The van der Waals surface area contributed by atoms with Crippen LogP contribution in [-0.4, -0.2) is 24.6 Å². The highest BCUT2D eigenvalue weighted by molar-refractivity contribution is 6.31. The van der Waals surface area contributed by atoms with Crippen molar-refractivity contribution in [2.45, 2.75) is 19.8 Å². The third kappa shape index (κ3) is 2.05. The lowest BCUT2D eigenvalue weighted by Gasteiger charge is -2.15. The van der Waals surface area contributed by atoms with Crippen molar-refractivity contribution in [1.29, 1.82) is 0 Å². The Bertz CT molecular complexity index is 464. The van der Waals surface area contributed by atoms with Crippen molar-refractivity contribution in [3.8, 4) is 5.75 Å². The van der Waals surface area contributed by atoms with E-state index in [0.29, 0.717) is 16.3 Å². The predicted molar refractivity (Wildman–Crippen MR) is 65.8 cm³/mol. The summed E-state index contributed by atoms with van der Waals surface area (Å²) in [5.74, 6) is 0.488. The smallest absolute Gasteiger partial charge is 0.175 e. The van der Waals surface area contributed by atoms with Crippen LogP contribution in [0.5, 0.6) is 5.75 Å². The molecule has 0 aliphatic heterocycles. The molecule has 1 aromatic carbocycles. The van der Waals surface area contributed by atoms with E-state index in [2.05, 4.69) is 0 Å². The summed E-state index contributed by atoms with van der Waals surface area (Å²) in [6.07, 6.45) is 1.47. The molecule has 0 saturated heterocycles. The Morgan fingerprint density at radius 3 is 2.65 bits per heavy atom. The van der Waals surface area contributed by atoms with E-state index >= 15 is 0 Å². The Morgan fingerprint density at radius 2 is 2.18 bits per heavy atom. The number of carbonyl (C=O) groups is 1. The second-order valence-electron chi connectivity index (χ2n) is 4.57. The van der Waals surface area contributed by atoms with Gasteiger partial charge in [0.25, 0.3) is 0 Å². The van der Waals surface area contributed by atoms with Crippen molar-refractivity contribution in [3.63, 3.8) is 0 Å². The molecule has 1 fully saturated rings. The molecule has 1 aromatic rings. The number of ether oxygens (including phenoxy) is 1. The molecule has 0 spiro atoms. The molecule has 0 amide bonds. The summed E-state index contributed by atoms with van der Waals surface area (Å²) < 4.78 is 5.26. The lowest BCUT2D eigenvalue weighted by molar-refractivity contribution is 0.0826. The van der Waals surface area contributed by atoms with Crippen LogP contribution in [0, 0.1) is 12.3 Å². The molecular weight excluding hydrogens is 240 g/mol. The number of Topliss-reactive ketones (excluding diaryl/α,β-unsaturated/α-hetero) is 1. The molecule has 0 radical (unpaired) electrons. The van der Waals surface area contributed by atoms with Crippen LogP contribution in [-0.2, 0) is 0 Å². The number of ketones is 1. The summed E-state index contributed by atoms with van der Waals surface area (Å²) >= 11 is 5.97. The van der Waals surface area contributed by atoms with E-state index in [-0.39, 0.29) is 12.4 Å². The summed E-state index contributed by atoms with van der Waals surface area (Å²) in [6.45, 7) is 1.74. The fourth-order valence-electron chi connectivity index (χ4n) is 2.06. The van der Waals surface area contributed by atoms with E-state index in [0.717, 1.165) is 18.4 Å². The number of hydrogen-bond acceptors (Lipinski definition) is 3. The molecule has 92 valence electrons. The SMILES string of the molecule is COc1c(C)cc(Cl)cc1C(=O)C1(CO)CC1. The van der Waals surface area contributed by atoms with Crippen LogP contribution in [0.4, 0.5) is 0 Å². The maximum Gasteiger partial charge on any atom is 0.175 e. The Labute approximate surface area is 105 Å². The van der Waals surface area contributed by atoms with Crippen LogP contribution in [0.3, 0.4) is 0 Å². The molecule has 4 heteroatoms. The zero-order chi connectivity index (χ0) is 12.6. The van der Waals surface area contributed by atoms with Crippen LogP contribution in [0.2, 0.25) is 5.02 Å². The minimum Gasteiger partial charge on any atom is -0.496 e. The van der Waals surface area contributed by atoms with Gasteiger partial charge >= 0.3 is 0 Å². The molecule has 0 aromatic heterocycles. The molecule has 1 saturated carbocycles. The zero-order valence-corrected chi connectivity index (χ0v) is 10.7. The van der Waals surface area contributed by atoms with Gasteiger partial charge in [0.1, 0.15) is 5.75 Å². The third-order valence-corrected chi connectivity index (χ3v) is 3.54. The number of carbonyl (C=O) groups excluding carboxylic acids is 1. The zero-order valence-electron chi connectivity index (χ0n) is 9.92. The minimum atomic E-state index is -0.593. The molecule has 2 rings (SSSR count). The lowest BCUT2D eigenvalue weighted by Crippen LogP contribution is -2.21. The van der Waals surface area contributed by atoms with Gasteiger partial charge < -0.3 is 9.84 Å². The number of halogens is 1. The van der Waals surface area contributed by atoms with Gasteiger partial charge in [0, 0.05) is 5.02 Å². The first kappa shape index (κ1) is 12.4. The minimum absolute atomic E-state index is 0.0672. The summed E-state index contributed by atoms with van der Waals surface area (Å²) in [7, 11) is 1.53. The highest BCUT2D eigenvalue weighted by Crippen LogP contribution is 2.49. The largest absolute Gasteiger partial charge is 0.496 e. The Hall–Kier alpha value is -1.06. The van der Waals surface area contributed by atoms with Crippen molar-refractivity contribution in [2.24, 2.45) is 5.41 Å². The van der Waals surface area contributed by atoms with Gasteiger partial charge in [-0.25, -0.2) is 0 Å². The van der Waals surface area contributed by atoms with E-state index in [9.17, 15) is 9.90 Å². The molecule has 0 atom stereocenters. The Balaban J connectivity index is 2.47. The molecule has 3 nitrogen and oxygen atoms in total. The van der Waals surface area contributed by atoms with E-state index < -0.39 is 5.41 Å². The predicted octanol–water partition coefficient (Wildman–Crippen LogP) is 2.61. The molecular formula is C13H15ClO3. The van der Waals surface area contributed by atoms with Crippen molar-refractivity contribution >= 4 is 17.4 Å². The van der Waals surface area contributed by atoms with Gasteiger partial charge in [0.05, 0.1) is 24.7 Å². The third-order valence-electron chi connectivity index (χ3n) is 3.33. The number of aryl methyl sites for hydroxylation is 1. The topological polar surface area (TPSA) is 46.5 Å². The number of rotatable bonds is 4. The first-order chi connectivity index (χ1) is 8.04. The number of aliphatic hydroxyl groups excluding tert-OH is 1. The summed E-state index contributed by atoms with van der Waals surface area (Å²) in [6, 6.07) is 3.38. The van der Waals surface area contributed by atoms with Crippen LogP contribution < -0.4 is 4.74 Å². The number of methoxy groups -OCH3 is 1. The number of benzene rings is 1. The average Bonchev–Trinajstić information content (AvgIpc) is 3.08. The summed E-state index contributed by atoms with van der Waals surface area (Å²) in [4.78, 5) is 12.3. The van der Waals surface area contributed by atoms with Crippen LogP contribution in [0.25, 0.3) is 0 Å². The summed E-state index contributed by atoms with van der Waals surface area (Å²) in [5.41, 5.74) is 0.714. The van der Waals surface area contributed by atoms with Gasteiger partial charge in [-0.05, 0) is 37.5 Å². The van der Waals surface area contributed by atoms with E-state index in [1.165, 1.54) is 7.11 Å². The van der Waals surface area contributed by atoms with Crippen LogP contribution in [0.15, 0.2) is 12.1 Å². The molecule has 1 aliphatic rings. The van der Waals surface area contributed by atoms with Gasteiger partial charge in [-0.15, -0.1) is 0 Å². The maximum atomic E-state index is 12.3. The number of hydrogen-bond donors (Lipinski definition) is 1. The standard InChI is InChI=1S/C13H15ClO3/c1-8-5-9(14)6-10(11(8)17-2)12(16)13(7-15)3-4-13/h5-6,15H,3-4,7H2,1-2H3. The molecule has 1 aliphatic carbocycles. The van der Waals surface area contributed by atoms with E-state index in [4.69, 9.17) is 16.3 Å². The molecule has 0 heterocycles. The van der Waals surface area contributed by atoms with Gasteiger partial charge in [0.15, 0.2) is 5.78 Å². The highest BCUT2D eigenvalue weighted by Gasteiger charge is 2.50. The van der Waals surface area contributed by atoms with Crippen molar-refractivity contribution in [1.82, 2.24) is 0 Å². The van der Waals surface area contributed by atoms with Crippen LogP contribution in [0.1, 0.15) is 28.8 Å². The number of aliphatic hydroxyl groups is 1. The van der Waals surface area contributed by atoms with E-state index in [1.54, 1.807) is 12.1 Å². The normalized spacial score (nSPS) is 16.7. The lowest BCUT2D eigenvalue weighted by atomic mass is 9.93. The van der Waals surface area contributed by atoms with Gasteiger partial charge in [-0.3, -0.25) is 4.79 Å². The van der Waals surface area contributed by atoms with Gasteiger partial charge in [-0.1, -0.05) is 11.6 Å². The first-order valence-electron chi connectivity index (χ1n) is 5.54. The second kappa shape index (κ2) is 4.31. The molecule has 17 heavy (non-hydrogen) atoms. The highest BCUT2D eigenvalue weighted by atomic mass is 35.5. The van der Waals surface area contributed by atoms with Crippen molar-refractivity contribution in [3.05, 3.63) is 28.3 Å². The fraction of sp³-hybridized carbons (Fsp3) is 0.462. The van der Waals surface area contributed by atoms with Crippen molar-refractivity contribution in [2.75, 3.05) is 13.7 Å². The summed E-state index contributed by atoms with van der Waals surface area (Å²) in [5, 5.41) is 9.81. The fourth-order valence-corrected chi connectivity index (χ4v) is 2.34. The van der Waals surface area contributed by atoms with Gasteiger partial charge in [0.2, 0.25) is 0 Å². The average molecular weight is 255 g/mol. The Morgan fingerprint density at radius 1 is 1.53 bits per heavy atom. The van der Waals surface area contributed by atoms with Crippen LogP contribution >= 0.6 is 11.6 Å².